The molecule has 19 heavy (non-hydrogen) atoms. The molecule has 0 aromatic heterocycles. The van der Waals surface area contributed by atoms with E-state index in [4.69, 9.17) is 14.6 Å². The number of rotatable bonds is 6. The van der Waals surface area contributed by atoms with Crippen LogP contribution in [-0.4, -0.2) is 93.1 Å². The summed E-state index contributed by atoms with van der Waals surface area (Å²) in [7, 11) is 0. The lowest BCUT2D eigenvalue weighted by molar-refractivity contribution is -0.297. The van der Waals surface area contributed by atoms with Crippen LogP contribution in [0.4, 0.5) is 0 Å². The monoisotopic (exact) mass is 282 g/mol. The van der Waals surface area contributed by atoms with Crippen LogP contribution < -0.4 is 0 Å². The lowest BCUT2D eigenvalue weighted by Gasteiger charge is -2.37. The lowest BCUT2D eigenvalue weighted by Crippen LogP contribution is -2.56. The fourth-order valence-corrected chi connectivity index (χ4v) is 1.63. The molecule has 0 bridgehead atoms. The topological polar surface area (TPSA) is 157 Å². The Morgan fingerprint density at radius 1 is 1.26 bits per heavy atom. The molecule has 7 unspecified atom stereocenters. The molecule has 6 N–H and O–H groups in total. The second-order valence-electron chi connectivity index (χ2n) is 4.23. The predicted octanol–water partition coefficient (Wildman–Crippen LogP) is -4.28. The van der Waals surface area contributed by atoms with Gasteiger partial charge in [-0.1, -0.05) is 0 Å². The van der Waals surface area contributed by atoms with Gasteiger partial charge in [-0.05, 0) is 0 Å². The van der Waals surface area contributed by atoms with E-state index in [0.717, 1.165) is 0 Å². The fraction of sp³-hybridized carbons (Fsp3) is 0.900. The van der Waals surface area contributed by atoms with E-state index < -0.39 is 49.5 Å². The van der Waals surface area contributed by atoms with Crippen LogP contribution in [0.15, 0.2) is 0 Å². The largest absolute Gasteiger partial charge is 0.394 e. The third kappa shape index (κ3) is 3.91. The Morgan fingerprint density at radius 2 is 1.89 bits per heavy atom. The number of hydrogen-bond donors (Lipinski definition) is 6. The lowest BCUT2D eigenvalue weighted by atomic mass is 10.0. The van der Waals surface area contributed by atoms with Crippen molar-refractivity contribution >= 4 is 6.29 Å². The Bertz CT molecular complexity index is 286. The third-order valence-corrected chi connectivity index (χ3v) is 2.79. The van der Waals surface area contributed by atoms with Gasteiger partial charge in [0.25, 0.3) is 0 Å². The minimum absolute atomic E-state index is 0.0873. The second-order valence-corrected chi connectivity index (χ2v) is 4.23. The molecule has 0 saturated carbocycles. The zero-order valence-electron chi connectivity index (χ0n) is 9.94. The highest BCUT2D eigenvalue weighted by molar-refractivity contribution is 5.56. The Morgan fingerprint density at radius 3 is 2.42 bits per heavy atom. The maximum atomic E-state index is 10.5. The zero-order valence-corrected chi connectivity index (χ0v) is 9.94. The average molecular weight is 282 g/mol. The van der Waals surface area contributed by atoms with Gasteiger partial charge in [-0.2, -0.15) is 0 Å². The number of aliphatic hydroxyl groups is 6. The summed E-state index contributed by atoms with van der Waals surface area (Å²) < 4.78 is 9.88. The second kappa shape index (κ2) is 7.22. The molecule has 0 aromatic carbocycles. The molecule has 1 aliphatic rings. The van der Waals surface area contributed by atoms with Gasteiger partial charge in [-0.3, -0.25) is 0 Å². The molecule has 9 nitrogen and oxygen atoms in total. The minimum Gasteiger partial charge on any atom is -0.394 e. The summed E-state index contributed by atoms with van der Waals surface area (Å²) in [4.78, 5) is 10.5. The first-order chi connectivity index (χ1) is 8.92. The van der Waals surface area contributed by atoms with E-state index in [1.54, 1.807) is 0 Å². The Labute approximate surface area is 108 Å². The quantitative estimate of drug-likeness (QED) is 0.265. The van der Waals surface area contributed by atoms with E-state index in [-0.39, 0.29) is 12.9 Å². The van der Waals surface area contributed by atoms with Crippen molar-refractivity contribution in [2.24, 2.45) is 0 Å². The van der Waals surface area contributed by atoms with Crippen molar-refractivity contribution in [3.8, 4) is 0 Å². The Hall–Kier alpha value is -0.650. The maximum Gasteiger partial charge on any atom is 0.186 e. The van der Waals surface area contributed by atoms with Crippen LogP contribution >= 0.6 is 0 Å². The summed E-state index contributed by atoms with van der Waals surface area (Å²) in [5.74, 6) is 0. The summed E-state index contributed by atoms with van der Waals surface area (Å²) >= 11 is 0. The van der Waals surface area contributed by atoms with Gasteiger partial charge in [-0.25, -0.2) is 0 Å². The van der Waals surface area contributed by atoms with Crippen LogP contribution in [0.2, 0.25) is 0 Å². The average Bonchev–Trinajstić information content (AvgIpc) is 2.42. The van der Waals surface area contributed by atoms with Crippen LogP contribution in [-0.2, 0) is 14.3 Å². The van der Waals surface area contributed by atoms with E-state index in [2.05, 4.69) is 0 Å². The molecule has 9 heteroatoms. The maximum absolute atomic E-state index is 10.5. The zero-order chi connectivity index (χ0) is 14.6. The van der Waals surface area contributed by atoms with Gasteiger partial charge >= 0.3 is 0 Å². The van der Waals surface area contributed by atoms with Crippen LogP contribution in [0, 0.1) is 0 Å². The molecule has 1 saturated heterocycles. The molecule has 1 aliphatic heterocycles. The highest BCUT2D eigenvalue weighted by atomic mass is 16.7. The van der Waals surface area contributed by atoms with Gasteiger partial charge in [0.15, 0.2) is 12.6 Å². The van der Waals surface area contributed by atoms with Crippen molar-refractivity contribution < 1.29 is 44.9 Å². The summed E-state index contributed by atoms with van der Waals surface area (Å²) in [5.41, 5.74) is 0. The van der Waals surface area contributed by atoms with Crippen LogP contribution in [0.25, 0.3) is 0 Å². The molecule has 0 amide bonds. The van der Waals surface area contributed by atoms with Crippen molar-refractivity contribution in [3.63, 3.8) is 0 Å². The van der Waals surface area contributed by atoms with E-state index in [1.807, 2.05) is 0 Å². The molecule has 1 fully saturated rings. The van der Waals surface area contributed by atoms with Gasteiger partial charge < -0.3 is 44.9 Å². The number of aliphatic hydroxyl groups excluding tert-OH is 6. The minimum atomic E-state index is -1.75. The Balaban J connectivity index is 2.70. The molecule has 1 rings (SSSR count). The van der Waals surface area contributed by atoms with E-state index in [9.17, 15) is 30.3 Å². The van der Waals surface area contributed by atoms with Gasteiger partial charge in [0.2, 0.25) is 0 Å². The molecule has 7 atom stereocenters. The third-order valence-electron chi connectivity index (χ3n) is 2.79. The standard InChI is InChI=1S/C10H18O9/c11-1-4(13)9(5(14)2-12)19-10-8(17)7(16)6(15)3-18-10/h1,4-10,12-17H,2-3H2. The predicted molar refractivity (Wildman–Crippen MR) is 57.8 cm³/mol. The van der Waals surface area contributed by atoms with Gasteiger partial charge in [-0.15, -0.1) is 0 Å². The van der Waals surface area contributed by atoms with Crippen molar-refractivity contribution in [1.82, 2.24) is 0 Å². The van der Waals surface area contributed by atoms with Gasteiger partial charge in [0.05, 0.1) is 13.2 Å². The van der Waals surface area contributed by atoms with E-state index in [0.29, 0.717) is 0 Å². The summed E-state index contributed by atoms with van der Waals surface area (Å²) in [6.45, 7) is -1.12. The van der Waals surface area contributed by atoms with Gasteiger partial charge in [0.1, 0.15) is 36.6 Å². The molecule has 0 aliphatic carbocycles. The number of hydrogen-bond acceptors (Lipinski definition) is 9. The normalized spacial score (nSPS) is 36.5. The molecule has 1 heterocycles. The van der Waals surface area contributed by atoms with Crippen molar-refractivity contribution in [2.45, 2.75) is 42.9 Å². The number of ether oxygens (including phenoxy) is 2. The molecular weight excluding hydrogens is 264 g/mol. The number of carbonyl (C=O) groups excluding carboxylic acids is 1. The molecule has 0 radical (unpaired) electrons. The van der Waals surface area contributed by atoms with E-state index >= 15 is 0 Å². The highest BCUT2D eigenvalue weighted by Crippen LogP contribution is 2.19. The summed E-state index contributed by atoms with van der Waals surface area (Å²) in [5, 5.41) is 55.8. The first kappa shape index (κ1) is 16.4. The van der Waals surface area contributed by atoms with Crippen molar-refractivity contribution in [1.29, 1.82) is 0 Å². The number of aldehydes is 1. The van der Waals surface area contributed by atoms with Crippen LogP contribution in [0.5, 0.6) is 0 Å². The van der Waals surface area contributed by atoms with Crippen molar-refractivity contribution in [2.75, 3.05) is 13.2 Å². The molecule has 112 valence electrons. The first-order valence-electron chi connectivity index (χ1n) is 5.66. The van der Waals surface area contributed by atoms with Crippen molar-refractivity contribution in [3.05, 3.63) is 0 Å². The highest BCUT2D eigenvalue weighted by Gasteiger charge is 2.41. The van der Waals surface area contributed by atoms with Crippen LogP contribution in [0.3, 0.4) is 0 Å². The summed E-state index contributed by atoms with van der Waals surface area (Å²) in [6, 6.07) is 0. The number of carbonyl (C=O) groups is 1. The molecule has 0 spiro atoms. The van der Waals surface area contributed by atoms with E-state index in [1.165, 1.54) is 0 Å². The fourth-order valence-electron chi connectivity index (χ4n) is 1.63. The van der Waals surface area contributed by atoms with Crippen LogP contribution in [0.1, 0.15) is 0 Å². The first-order valence-corrected chi connectivity index (χ1v) is 5.66. The smallest absolute Gasteiger partial charge is 0.186 e. The summed E-state index contributed by atoms with van der Waals surface area (Å²) in [6.07, 6.45) is -10.7. The Kier molecular flexibility index (Phi) is 6.23. The molecular formula is C10H18O9. The van der Waals surface area contributed by atoms with Gasteiger partial charge in [0, 0.05) is 0 Å². The molecule has 0 aromatic rings. The SMILES string of the molecule is O=CC(O)C(OC1OCC(O)C(O)C1O)C(O)CO.